The molecule has 0 N–H and O–H groups in total. The maximum Gasteiger partial charge on any atom is 0.339 e. The summed E-state index contributed by atoms with van der Waals surface area (Å²) in [6.07, 6.45) is 3.27. The molecule has 0 saturated heterocycles. The van der Waals surface area contributed by atoms with Crippen LogP contribution >= 0.6 is 0 Å². The minimum absolute atomic E-state index is 0.382. The molecule has 5 heteroatoms. The van der Waals surface area contributed by atoms with Crippen molar-refractivity contribution in [1.29, 1.82) is 0 Å². The number of carbonyl (C=O) groups excluding carboxylic acids is 1. The van der Waals surface area contributed by atoms with Gasteiger partial charge in [0.05, 0.1) is 24.6 Å². The molecule has 2 aromatic rings. The number of rotatable bonds is 2. The first kappa shape index (κ1) is 11.3. The highest BCUT2D eigenvalue weighted by atomic mass is 16.5. The van der Waals surface area contributed by atoms with E-state index in [-0.39, 0.29) is 5.97 Å². The Labute approximate surface area is 99.1 Å². The first-order valence-electron chi connectivity index (χ1n) is 5.17. The van der Waals surface area contributed by atoms with E-state index >= 15 is 0 Å². The van der Waals surface area contributed by atoms with Crippen molar-refractivity contribution in [2.24, 2.45) is 7.05 Å². The lowest BCUT2D eigenvalue weighted by atomic mass is 10.1. The van der Waals surface area contributed by atoms with Crippen LogP contribution in [0, 0.1) is 6.92 Å². The summed E-state index contributed by atoms with van der Waals surface area (Å²) >= 11 is 0. The summed E-state index contributed by atoms with van der Waals surface area (Å²) in [6, 6.07) is 3.48. The number of esters is 1. The van der Waals surface area contributed by atoms with Crippen molar-refractivity contribution >= 4 is 5.97 Å². The Balaban J connectivity index is 2.36. The lowest BCUT2D eigenvalue weighted by molar-refractivity contribution is 0.0600. The second-order valence-corrected chi connectivity index (χ2v) is 3.69. The van der Waals surface area contributed by atoms with Crippen LogP contribution in [-0.4, -0.2) is 27.8 Å². The van der Waals surface area contributed by atoms with Crippen molar-refractivity contribution in [3.8, 4) is 11.3 Å². The predicted octanol–water partition coefficient (Wildman–Crippen LogP) is 1.58. The number of carbonyl (C=O) groups is 1. The van der Waals surface area contributed by atoms with Gasteiger partial charge in [0.25, 0.3) is 0 Å². The SMILES string of the molecule is COC(=O)c1ccc(-c2cnn(C)c2C)nc1. The van der Waals surface area contributed by atoms with Crippen LogP contribution in [0.1, 0.15) is 16.1 Å². The van der Waals surface area contributed by atoms with Crippen LogP contribution in [0.4, 0.5) is 0 Å². The molecule has 0 amide bonds. The fourth-order valence-corrected chi connectivity index (χ4v) is 1.54. The molecule has 0 aromatic carbocycles. The second-order valence-electron chi connectivity index (χ2n) is 3.69. The van der Waals surface area contributed by atoms with Crippen molar-refractivity contribution in [3.63, 3.8) is 0 Å². The molecule has 5 nitrogen and oxygen atoms in total. The minimum Gasteiger partial charge on any atom is -0.465 e. The van der Waals surface area contributed by atoms with Crippen molar-refractivity contribution < 1.29 is 9.53 Å². The number of methoxy groups -OCH3 is 1. The summed E-state index contributed by atoms with van der Waals surface area (Å²) in [5.74, 6) is -0.382. The van der Waals surface area contributed by atoms with Gasteiger partial charge in [0.2, 0.25) is 0 Å². The van der Waals surface area contributed by atoms with Crippen LogP contribution in [-0.2, 0) is 11.8 Å². The standard InChI is InChI=1S/C12H13N3O2/c1-8-10(7-14-15(8)2)11-5-4-9(6-13-11)12(16)17-3/h4-7H,1-3H3. The molecule has 0 atom stereocenters. The smallest absolute Gasteiger partial charge is 0.339 e. The first-order chi connectivity index (χ1) is 8.13. The molecule has 88 valence electrons. The average molecular weight is 231 g/mol. The van der Waals surface area contributed by atoms with Crippen molar-refractivity contribution in [1.82, 2.24) is 14.8 Å². The van der Waals surface area contributed by atoms with Crippen LogP contribution in [0.2, 0.25) is 0 Å². The van der Waals surface area contributed by atoms with E-state index in [2.05, 4.69) is 14.8 Å². The Hall–Kier alpha value is -2.17. The average Bonchev–Trinajstić information content (AvgIpc) is 2.69. The summed E-state index contributed by atoms with van der Waals surface area (Å²) in [5.41, 5.74) is 3.23. The molecule has 0 bridgehead atoms. The van der Waals surface area contributed by atoms with Crippen LogP contribution in [0.15, 0.2) is 24.5 Å². The summed E-state index contributed by atoms with van der Waals surface area (Å²) in [6.45, 7) is 1.97. The third-order valence-electron chi connectivity index (χ3n) is 2.70. The summed E-state index contributed by atoms with van der Waals surface area (Å²) in [4.78, 5) is 15.5. The summed E-state index contributed by atoms with van der Waals surface area (Å²) in [5, 5.41) is 4.15. The molecule has 0 aliphatic rings. The van der Waals surface area contributed by atoms with Gasteiger partial charge in [0.15, 0.2) is 0 Å². The number of aryl methyl sites for hydroxylation is 1. The van der Waals surface area contributed by atoms with E-state index in [0.29, 0.717) is 5.56 Å². The van der Waals surface area contributed by atoms with Gasteiger partial charge in [-0.2, -0.15) is 5.10 Å². The third kappa shape index (κ3) is 2.04. The maximum atomic E-state index is 11.3. The highest BCUT2D eigenvalue weighted by molar-refractivity contribution is 5.89. The normalized spacial score (nSPS) is 10.3. The fraction of sp³-hybridized carbons (Fsp3) is 0.250. The number of ether oxygens (including phenoxy) is 1. The monoisotopic (exact) mass is 231 g/mol. The lowest BCUT2D eigenvalue weighted by Gasteiger charge is -2.02. The van der Waals surface area contributed by atoms with E-state index in [0.717, 1.165) is 17.0 Å². The third-order valence-corrected chi connectivity index (χ3v) is 2.70. The van der Waals surface area contributed by atoms with Gasteiger partial charge in [-0.05, 0) is 19.1 Å². The molecule has 2 heterocycles. The van der Waals surface area contributed by atoms with Crippen LogP contribution in [0.3, 0.4) is 0 Å². The van der Waals surface area contributed by atoms with Crippen molar-refractivity contribution in [3.05, 3.63) is 35.8 Å². The van der Waals surface area contributed by atoms with E-state index in [1.165, 1.54) is 13.3 Å². The predicted molar refractivity (Wildman–Crippen MR) is 62.5 cm³/mol. The zero-order valence-corrected chi connectivity index (χ0v) is 9.97. The molecule has 2 rings (SSSR count). The highest BCUT2D eigenvalue weighted by Gasteiger charge is 2.10. The van der Waals surface area contributed by atoms with E-state index in [1.54, 1.807) is 23.0 Å². The second kappa shape index (κ2) is 4.37. The number of aromatic nitrogens is 3. The largest absolute Gasteiger partial charge is 0.465 e. The topological polar surface area (TPSA) is 57.0 Å². The van der Waals surface area contributed by atoms with Crippen LogP contribution in [0.5, 0.6) is 0 Å². The van der Waals surface area contributed by atoms with Gasteiger partial charge in [0, 0.05) is 24.5 Å². The number of nitrogens with zero attached hydrogens (tertiary/aromatic N) is 3. The van der Waals surface area contributed by atoms with E-state index in [4.69, 9.17) is 0 Å². The number of hydrogen-bond donors (Lipinski definition) is 0. The summed E-state index contributed by atoms with van der Waals surface area (Å²) < 4.78 is 6.40. The van der Waals surface area contributed by atoms with E-state index < -0.39 is 0 Å². The zero-order chi connectivity index (χ0) is 12.4. The van der Waals surface area contributed by atoms with Crippen LogP contribution in [0.25, 0.3) is 11.3 Å². The Morgan fingerprint density at radius 2 is 2.12 bits per heavy atom. The van der Waals surface area contributed by atoms with E-state index in [1.807, 2.05) is 14.0 Å². The molecule has 0 radical (unpaired) electrons. The quantitative estimate of drug-likeness (QED) is 0.736. The molecule has 0 aliphatic heterocycles. The molecule has 0 unspecified atom stereocenters. The molecule has 0 spiro atoms. The van der Waals surface area contributed by atoms with Gasteiger partial charge < -0.3 is 4.74 Å². The Morgan fingerprint density at radius 3 is 2.59 bits per heavy atom. The number of pyridine rings is 1. The molecule has 0 saturated carbocycles. The van der Waals surface area contributed by atoms with Gasteiger partial charge in [-0.25, -0.2) is 4.79 Å². The molecule has 2 aromatic heterocycles. The fourth-order valence-electron chi connectivity index (χ4n) is 1.54. The molecule has 17 heavy (non-hydrogen) atoms. The molecule has 0 aliphatic carbocycles. The molecular weight excluding hydrogens is 218 g/mol. The van der Waals surface area contributed by atoms with Crippen LogP contribution < -0.4 is 0 Å². The summed E-state index contributed by atoms with van der Waals surface area (Å²) in [7, 11) is 3.23. The highest BCUT2D eigenvalue weighted by Crippen LogP contribution is 2.20. The van der Waals surface area contributed by atoms with Crippen molar-refractivity contribution in [2.45, 2.75) is 6.92 Å². The van der Waals surface area contributed by atoms with Gasteiger partial charge in [-0.15, -0.1) is 0 Å². The Bertz CT molecular complexity index is 543. The van der Waals surface area contributed by atoms with Gasteiger partial charge >= 0.3 is 5.97 Å². The molecular formula is C12H13N3O2. The number of hydrogen-bond acceptors (Lipinski definition) is 4. The first-order valence-corrected chi connectivity index (χ1v) is 5.17. The molecule has 0 fully saturated rings. The lowest BCUT2D eigenvalue weighted by Crippen LogP contribution is -2.01. The van der Waals surface area contributed by atoms with Crippen molar-refractivity contribution in [2.75, 3.05) is 7.11 Å². The maximum absolute atomic E-state index is 11.3. The Kier molecular flexibility index (Phi) is 2.91. The van der Waals surface area contributed by atoms with E-state index in [9.17, 15) is 4.79 Å². The van der Waals surface area contributed by atoms with Gasteiger partial charge in [-0.1, -0.05) is 0 Å². The van der Waals surface area contributed by atoms with Gasteiger partial charge in [0.1, 0.15) is 0 Å². The Morgan fingerprint density at radius 1 is 1.35 bits per heavy atom. The minimum atomic E-state index is -0.382. The zero-order valence-electron chi connectivity index (χ0n) is 9.97. The van der Waals surface area contributed by atoms with Gasteiger partial charge in [-0.3, -0.25) is 9.67 Å².